The van der Waals surface area contributed by atoms with E-state index in [1.54, 1.807) is 0 Å². The van der Waals surface area contributed by atoms with Crippen molar-refractivity contribution >= 4 is 11.6 Å². The Morgan fingerprint density at radius 3 is 2.47 bits per heavy atom. The molecule has 1 aromatic carbocycles. The van der Waals surface area contributed by atoms with Crippen molar-refractivity contribution in [1.29, 1.82) is 0 Å². The van der Waals surface area contributed by atoms with Gasteiger partial charge >= 0.3 is 0 Å². The first-order valence-corrected chi connectivity index (χ1v) is 6.96. The Kier molecular flexibility index (Phi) is 4.80. The fourth-order valence-electron chi connectivity index (χ4n) is 2.46. The summed E-state index contributed by atoms with van der Waals surface area (Å²) in [5, 5.41) is 0. The smallest absolute Gasteiger partial charge is 0.236 e. The van der Waals surface area contributed by atoms with Gasteiger partial charge in [0, 0.05) is 25.3 Å². The minimum absolute atomic E-state index is 0.248. The van der Waals surface area contributed by atoms with Crippen molar-refractivity contribution in [3.05, 3.63) is 29.8 Å². The van der Waals surface area contributed by atoms with Gasteiger partial charge < -0.3 is 10.6 Å². The first-order chi connectivity index (χ1) is 9.15. The second kappa shape index (κ2) is 6.57. The zero-order chi connectivity index (χ0) is 13.7. The molecule has 1 aliphatic rings. The number of nitrogen functional groups attached to an aromatic ring is 1. The molecule has 0 radical (unpaired) electrons. The third-order valence-electron chi connectivity index (χ3n) is 3.55. The van der Waals surface area contributed by atoms with E-state index in [1.165, 1.54) is 12.0 Å². The summed E-state index contributed by atoms with van der Waals surface area (Å²) in [5.74, 6) is 0.248. The zero-order valence-corrected chi connectivity index (χ0v) is 11.6. The van der Waals surface area contributed by atoms with E-state index in [-0.39, 0.29) is 5.91 Å². The molecular formula is C15H23N3O. The Morgan fingerprint density at radius 2 is 1.84 bits per heavy atom. The van der Waals surface area contributed by atoms with Gasteiger partial charge in [-0.2, -0.15) is 0 Å². The molecule has 4 nitrogen and oxygen atoms in total. The number of likely N-dealkylation sites (N-methyl/N-ethyl adjacent to an activating group) is 1. The minimum Gasteiger partial charge on any atom is -0.399 e. The highest BCUT2D eigenvalue weighted by atomic mass is 16.2. The van der Waals surface area contributed by atoms with Gasteiger partial charge in [-0.25, -0.2) is 0 Å². The van der Waals surface area contributed by atoms with Gasteiger partial charge in [0.2, 0.25) is 5.91 Å². The van der Waals surface area contributed by atoms with Crippen LogP contribution in [-0.4, -0.2) is 42.4 Å². The van der Waals surface area contributed by atoms with Crippen LogP contribution in [0.5, 0.6) is 0 Å². The van der Waals surface area contributed by atoms with E-state index >= 15 is 0 Å². The highest BCUT2D eigenvalue weighted by molar-refractivity contribution is 5.78. The number of carbonyl (C=O) groups is 1. The SMILES string of the molecule is CN(CC(=O)N1CCCCC1)Cc1ccc(N)cc1. The maximum Gasteiger partial charge on any atom is 0.236 e. The molecule has 1 amide bonds. The van der Waals surface area contributed by atoms with Gasteiger partial charge in [0.15, 0.2) is 0 Å². The average Bonchev–Trinajstić information content (AvgIpc) is 2.42. The van der Waals surface area contributed by atoms with Gasteiger partial charge in [-0.1, -0.05) is 12.1 Å². The lowest BCUT2D eigenvalue weighted by molar-refractivity contribution is -0.133. The van der Waals surface area contributed by atoms with Crippen molar-refractivity contribution in [3.63, 3.8) is 0 Å². The molecular weight excluding hydrogens is 238 g/mol. The van der Waals surface area contributed by atoms with Crippen LogP contribution >= 0.6 is 0 Å². The Hall–Kier alpha value is -1.55. The van der Waals surface area contributed by atoms with Gasteiger partial charge in [-0.05, 0) is 44.0 Å². The van der Waals surface area contributed by atoms with E-state index in [4.69, 9.17) is 5.73 Å². The van der Waals surface area contributed by atoms with Crippen molar-refractivity contribution in [3.8, 4) is 0 Å². The number of rotatable bonds is 4. The van der Waals surface area contributed by atoms with Gasteiger partial charge in [0.05, 0.1) is 6.54 Å². The number of hydrogen-bond acceptors (Lipinski definition) is 3. The molecule has 0 aliphatic carbocycles. The lowest BCUT2D eigenvalue weighted by Gasteiger charge is -2.28. The molecule has 1 heterocycles. The fourth-order valence-corrected chi connectivity index (χ4v) is 2.46. The summed E-state index contributed by atoms with van der Waals surface area (Å²) < 4.78 is 0. The maximum atomic E-state index is 12.1. The van der Waals surface area contributed by atoms with Crippen molar-refractivity contribution in [2.75, 3.05) is 32.4 Å². The van der Waals surface area contributed by atoms with Gasteiger partial charge in [0.1, 0.15) is 0 Å². The Labute approximate surface area is 115 Å². The molecule has 1 fully saturated rings. The third-order valence-corrected chi connectivity index (χ3v) is 3.55. The summed E-state index contributed by atoms with van der Waals surface area (Å²) in [6.45, 7) is 3.12. The molecule has 0 spiro atoms. The number of anilines is 1. The molecule has 1 saturated heterocycles. The van der Waals surface area contributed by atoms with Crippen LogP contribution < -0.4 is 5.73 Å². The van der Waals surface area contributed by atoms with Crippen molar-refractivity contribution < 1.29 is 4.79 Å². The van der Waals surface area contributed by atoms with E-state index in [0.717, 1.165) is 38.2 Å². The number of carbonyl (C=O) groups excluding carboxylic acids is 1. The quantitative estimate of drug-likeness (QED) is 0.840. The van der Waals surface area contributed by atoms with E-state index in [9.17, 15) is 4.79 Å². The van der Waals surface area contributed by atoms with E-state index in [1.807, 2.05) is 36.2 Å². The summed E-state index contributed by atoms with van der Waals surface area (Å²) in [5.41, 5.74) is 7.62. The van der Waals surface area contributed by atoms with Crippen LogP contribution in [-0.2, 0) is 11.3 Å². The predicted octanol–water partition coefficient (Wildman–Crippen LogP) is 1.71. The maximum absolute atomic E-state index is 12.1. The minimum atomic E-state index is 0.248. The summed E-state index contributed by atoms with van der Waals surface area (Å²) >= 11 is 0. The number of nitrogens with zero attached hydrogens (tertiary/aromatic N) is 2. The van der Waals surface area contributed by atoms with Crippen LogP contribution in [0, 0.1) is 0 Å². The second-order valence-corrected chi connectivity index (χ2v) is 5.36. The molecule has 1 aliphatic heterocycles. The van der Waals surface area contributed by atoms with Crippen LogP contribution in [0.15, 0.2) is 24.3 Å². The first kappa shape index (κ1) is 13.9. The van der Waals surface area contributed by atoms with Crippen molar-refractivity contribution in [1.82, 2.24) is 9.80 Å². The van der Waals surface area contributed by atoms with Gasteiger partial charge in [-0.3, -0.25) is 9.69 Å². The average molecular weight is 261 g/mol. The van der Waals surface area contributed by atoms with Crippen LogP contribution in [0.1, 0.15) is 24.8 Å². The van der Waals surface area contributed by atoms with Crippen molar-refractivity contribution in [2.45, 2.75) is 25.8 Å². The summed E-state index contributed by atoms with van der Waals surface area (Å²) in [6, 6.07) is 7.82. The number of amides is 1. The van der Waals surface area contributed by atoms with Gasteiger partial charge in [0.25, 0.3) is 0 Å². The molecule has 0 bridgehead atoms. The molecule has 4 heteroatoms. The van der Waals surface area contributed by atoms with E-state index in [2.05, 4.69) is 4.90 Å². The van der Waals surface area contributed by atoms with Crippen LogP contribution in [0.2, 0.25) is 0 Å². The molecule has 2 N–H and O–H groups in total. The lowest BCUT2D eigenvalue weighted by atomic mass is 10.1. The zero-order valence-electron chi connectivity index (χ0n) is 11.6. The molecule has 0 saturated carbocycles. The fraction of sp³-hybridized carbons (Fsp3) is 0.533. The molecule has 0 aromatic heterocycles. The summed E-state index contributed by atoms with van der Waals surface area (Å²) in [4.78, 5) is 16.2. The Morgan fingerprint density at radius 1 is 1.21 bits per heavy atom. The topological polar surface area (TPSA) is 49.6 Å². The molecule has 104 valence electrons. The van der Waals surface area contributed by atoms with Crippen LogP contribution in [0.3, 0.4) is 0 Å². The second-order valence-electron chi connectivity index (χ2n) is 5.36. The highest BCUT2D eigenvalue weighted by Crippen LogP contribution is 2.10. The lowest BCUT2D eigenvalue weighted by Crippen LogP contribution is -2.41. The third kappa shape index (κ3) is 4.24. The number of likely N-dealkylation sites (tertiary alicyclic amines) is 1. The standard InChI is InChI=1S/C15H23N3O/c1-17(11-13-5-7-14(16)8-6-13)12-15(19)18-9-3-2-4-10-18/h5-8H,2-4,9-12,16H2,1H3. The Balaban J connectivity index is 1.81. The summed E-state index contributed by atoms with van der Waals surface area (Å²) in [6.07, 6.45) is 3.55. The monoisotopic (exact) mass is 261 g/mol. The molecule has 19 heavy (non-hydrogen) atoms. The number of hydrogen-bond donors (Lipinski definition) is 1. The first-order valence-electron chi connectivity index (χ1n) is 6.96. The van der Waals surface area contributed by atoms with Crippen molar-refractivity contribution in [2.24, 2.45) is 0 Å². The molecule has 0 unspecified atom stereocenters. The molecule has 2 rings (SSSR count). The Bertz CT molecular complexity index is 410. The highest BCUT2D eigenvalue weighted by Gasteiger charge is 2.17. The van der Waals surface area contributed by atoms with Crippen LogP contribution in [0.4, 0.5) is 5.69 Å². The molecule has 1 aromatic rings. The van der Waals surface area contributed by atoms with Crippen LogP contribution in [0.25, 0.3) is 0 Å². The number of nitrogens with two attached hydrogens (primary N) is 1. The van der Waals surface area contributed by atoms with E-state index in [0.29, 0.717) is 6.54 Å². The largest absolute Gasteiger partial charge is 0.399 e. The van der Waals surface area contributed by atoms with Gasteiger partial charge in [-0.15, -0.1) is 0 Å². The summed E-state index contributed by atoms with van der Waals surface area (Å²) in [7, 11) is 1.98. The van der Waals surface area contributed by atoms with E-state index < -0.39 is 0 Å². The normalized spacial score (nSPS) is 15.8. The number of piperidine rings is 1. The predicted molar refractivity (Wildman–Crippen MR) is 77.6 cm³/mol. The number of benzene rings is 1. The molecule has 0 atom stereocenters.